The minimum atomic E-state index is -0.589. The van der Waals surface area contributed by atoms with Gasteiger partial charge in [-0.2, -0.15) is 0 Å². The first-order valence-electron chi connectivity index (χ1n) is 11.3. The minimum absolute atomic E-state index is 0.133. The molecule has 34 heavy (non-hydrogen) atoms. The molecule has 172 valence electrons. The van der Waals surface area contributed by atoms with E-state index >= 15 is 0 Å². The molecular weight excluding hydrogens is 428 g/mol. The number of benzene rings is 3. The van der Waals surface area contributed by atoms with Crippen LogP contribution in [0.5, 0.6) is 5.75 Å². The normalized spacial score (nSPS) is 14.9. The number of esters is 1. The standard InChI is InChI=1S/C28H26N2O4/c1-28(2,3)34-25(31)17-33-20-13-14-23-22(16-20)27(32)30-24(29-23)15-19-11-7-8-12-21(19)26(30)18-9-5-4-6-10-18/h4-14,16,26H,15,17H2,1-3H3. The number of nitrogens with zero attached hydrogens (tertiary/aromatic N) is 2. The second-order valence-corrected chi connectivity index (χ2v) is 9.45. The number of carbonyl (C=O) groups excluding carboxylic acids is 1. The summed E-state index contributed by atoms with van der Waals surface area (Å²) in [4.78, 5) is 30.7. The number of hydrogen-bond donors (Lipinski definition) is 0. The molecule has 2 heterocycles. The van der Waals surface area contributed by atoms with Crippen LogP contribution in [-0.2, 0) is 16.0 Å². The number of ether oxygens (including phenoxy) is 2. The first kappa shape index (κ1) is 21.9. The van der Waals surface area contributed by atoms with Crippen LogP contribution in [0.1, 0.15) is 49.3 Å². The van der Waals surface area contributed by atoms with E-state index in [-0.39, 0.29) is 18.2 Å². The minimum Gasteiger partial charge on any atom is -0.482 e. The smallest absolute Gasteiger partial charge is 0.344 e. The Morgan fingerprint density at radius 1 is 1.03 bits per heavy atom. The molecule has 1 aromatic heterocycles. The van der Waals surface area contributed by atoms with Crippen LogP contribution in [0.25, 0.3) is 10.9 Å². The molecule has 1 atom stereocenters. The first-order valence-corrected chi connectivity index (χ1v) is 11.3. The van der Waals surface area contributed by atoms with E-state index in [1.807, 2.05) is 42.5 Å². The van der Waals surface area contributed by atoms with E-state index in [1.165, 1.54) is 5.56 Å². The monoisotopic (exact) mass is 454 g/mol. The fourth-order valence-electron chi connectivity index (χ4n) is 4.45. The van der Waals surface area contributed by atoms with E-state index in [9.17, 15) is 9.59 Å². The van der Waals surface area contributed by atoms with Crippen molar-refractivity contribution in [1.29, 1.82) is 0 Å². The van der Waals surface area contributed by atoms with Gasteiger partial charge in [0.05, 0.1) is 16.9 Å². The SMILES string of the molecule is CC(C)(C)OC(=O)COc1ccc2nc3n(c(=O)c2c1)C(c1ccccc1)c1ccccc1C3. The van der Waals surface area contributed by atoms with Gasteiger partial charge in [-0.25, -0.2) is 9.78 Å². The molecule has 3 aromatic carbocycles. The zero-order valence-corrected chi connectivity index (χ0v) is 19.4. The quantitative estimate of drug-likeness (QED) is 0.370. The molecule has 0 bridgehead atoms. The average Bonchev–Trinajstić information content (AvgIpc) is 2.81. The molecule has 0 aliphatic carbocycles. The molecule has 0 N–H and O–H groups in total. The van der Waals surface area contributed by atoms with Crippen LogP contribution in [0.3, 0.4) is 0 Å². The van der Waals surface area contributed by atoms with Crippen molar-refractivity contribution in [2.75, 3.05) is 6.61 Å². The highest BCUT2D eigenvalue weighted by Crippen LogP contribution is 2.34. The second-order valence-electron chi connectivity index (χ2n) is 9.45. The van der Waals surface area contributed by atoms with Crippen LogP contribution in [0.15, 0.2) is 77.6 Å². The Balaban J connectivity index is 1.57. The molecule has 0 amide bonds. The first-order chi connectivity index (χ1) is 16.3. The van der Waals surface area contributed by atoms with Gasteiger partial charge in [0.2, 0.25) is 0 Å². The summed E-state index contributed by atoms with van der Waals surface area (Å²) in [6, 6.07) is 23.1. The van der Waals surface area contributed by atoms with Crippen LogP contribution in [0, 0.1) is 0 Å². The van der Waals surface area contributed by atoms with E-state index in [1.54, 1.807) is 43.5 Å². The van der Waals surface area contributed by atoms with Gasteiger partial charge in [-0.05, 0) is 55.7 Å². The summed E-state index contributed by atoms with van der Waals surface area (Å²) in [5, 5.41) is 0.450. The van der Waals surface area contributed by atoms with Gasteiger partial charge in [0.25, 0.3) is 5.56 Å². The van der Waals surface area contributed by atoms with Crippen molar-refractivity contribution in [3.63, 3.8) is 0 Å². The average molecular weight is 455 g/mol. The summed E-state index contributed by atoms with van der Waals surface area (Å²) in [6.07, 6.45) is 0.585. The highest BCUT2D eigenvalue weighted by Gasteiger charge is 2.29. The van der Waals surface area contributed by atoms with Crippen LogP contribution >= 0.6 is 0 Å². The van der Waals surface area contributed by atoms with Gasteiger partial charge in [-0.15, -0.1) is 0 Å². The zero-order chi connectivity index (χ0) is 23.9. The van der Waals surface area contributed by atoms with Crippen molar-refractivity contribution < 1.29 is 14.3 Å². The van der Waals surface area contributed by atoms with Crippen molar-refractivity contribution in [3.8, 4) is 5.75 Å². The summed E-state index contributed by atoms with van der Waals surface area (Å²) < 4.78 is 12.7. The third-order valence-electron chi connectivity index (χ3n) is 5.79. The lowest BCUT2D eigenvalue weighted by Crippen LogP contribution is -2.34. The molecule has 1 aliphatic heterocycles. The van der Waals surface area contributed by atoms with Gasteiger partial charge in [0, 0.05) is 6.42 Å². The molecule has 6 nitrogen and oxygen atoms in total. The van der Waals surface area contributed by atoms with Crippen molar-refractivity contribution in [1.82, 2.24) is 9.55 Å². The highest BCUT2D eigenvalue weighted by atomic mass is 16.6. The summed E-state index contributed by atoms with van der Waals surface area (Å²) in [5.41, 5.74) is 3.17. The summed E-state index contributed by atoms with van der Waals surface area (Å²) in [6.45, 7) is 5.18. The van der Waals surface area contributed by atoms with Crippen LogP contribution < -0.4 is 10.3 Å². The molecule has 0 saturated heterocycles. The van der Waals surface area contributed by atoms with E-state index < -0.39 is 11.6 Å². The number of aromatic nitrogens is 2. The lowest BCUT2D eigenvalue weighted by atomic mass is 9.89. The van der Waals surface area contributed by atoms with Crippen molar-refractivity contribution >= 4 is 16.9 Å². The third-order valence-corrected chi connectivity index (χ3v) is 5.79. The summed E-state index contributed by atoms with van der Waals surface area (Å²) in [5.74, 6) is 0.686. The Bertz CT molecular complexity index is 1430. The second kappa shape index (κ2) is 8.45. The van der Waals surface area contributed by atoms with E-state index in [2.05, 4.69) is 12.1 Å². The highest BCUT2D eigenvalue weighted by molar-refractivity contribution is 5.80. The third kappa shape index (κ3) is 4.19. The largest absolute Gasteiger partial charge is 0.482 e. The molecule has 4 aromatic rings. The lowest BCUT2D eigenvalue weighted by Gasteiger charge is -2.30. The summed E-state index contributed by atoms with van der Waals surface area (Å²) >= 11 is 0. The van der Waals surface area contributed by atoms with Crippen molar-refractivity contribution in [2.45, 2.75) is 38.8 Å². The summed E-state index contributed by atoms with van der Waals surface area (Å²) in [7, 11) is 0. The van der Waals surface area contributed by atoms with E-state index in [4.69, 9.17) is 14.5 Å². The number of hydrogen-bond acceptors (Lipinski definition) is 5. The molecule has 1 unspecified atom stereocenters. The molecule has 0 radical (unpaired) electrons. The molecule has 0 saturated carbocycles. The lowest BCUT2D eigenvalue weighted by molar-refractivity contribution is -0.157. The number of carbonyl (C=O) groups is 1. The molecule has 0 fully saturated rings. The Hall–Kier alpha value is -3.93. The molecule has 1 aliphatic rings. The molecule has 6 heteroatoms. The van der Waals surface area contributed by atoms with Gasteiger partial charge >= 0.3 is 5.97 Å². The van der Waals surface area contributed by atoms with Crippen molar-refractivity contribution in [3.05, 3.63) is 106 Å². The van der Waals surface area contributed by atoms with E-state index in [0.717, 1.165) is 17.0 Å². The maximum atomic E-state index is 13.8. The predicted molar refractivity (Wildman–Crippen MR) is 130 cm³/mol. The molecule has 5 rings (SSSR count). The fraction of sp³-hybridized carbons (Fsp3) is 0.250. The van der Waals surface area contributed by atoms with Gasteiger partial charge in [0.1, 0.15) is 17.2 Å². The van der Waals surface area contributed by atoms with Gasteiger partial charge in [0.15, 0.2) is 6.61 Å². The van der Waals surface area contributed by atoms with Crippen LogP contribution in [0.2, 0.25) is 0 Å². The topological polar surface area (TPSA) is 70.4 Å². The van der Waals surface area contributed by atoms with E-state index in [0.29, 0.717) is 23.1 Å². The predicted octanol–water partition coefficient (Wildman–Crippen LogP) is 4.66. The number of fused-ring (bicyclic) bond motifs is 3. The zero-order valence-electron chi connectivity index (χ0n) is 19.4. The van der Waals surface area contributed by atoms with Crippen LogP contribution in [0.4, 0.5) is 0 Å². The maximum absolute atomic E-state index is 13.8. The van der Waals surface area contributed by atoms with Gasteiger partial charge in [-0.3, -0.25) is 9.36 Å². The van der Waals surface area contributed by atoms with Gasteiger partial charge < -0.3 is 9.47 Å². The van der Waals surface area contributed by atoms with Crippen molar-refractivity contribution in [2.24, 2.45) is 0 Å². The Kier molecular flexibility index (Phi) is 5.44. The molecular formula is C28H26N2O4. The van der Waals surface area contributed by atoms with Crippen LogP contribution in [-0.4, -0.2) is 27.7 Å². The maximum Gasteiger partial charge on any atom is 0.344 e. The molecule has 0 spiro atoms. The van der Waals surface area contributed by atoms with Gasteiger partial charge in [-0.1, -0.05) is 54.6 Å². The fourth-order valence-corrected chi connectivity index (χ4v) is 4.45. The Morgan fingerprint density at radius 2 is 1.76 bits per heavy atom. The Morgan fingerprint density at radius 3 is 2.53 bits per heavy atom. The number of rotatable bonds is 4. The Labute approximate surface area is 197 Å².